The number of hydrogen-bond donors (Lipinski definition) is 1. The summed E-state index contributed by atoms with van der Waals surface area (Å²) in [7, 11) is 1.91. The number of halogens is 3. The van der Waals surface area contributed by atoms with Crippen molar-refractivity contribution in [3.63, 3.8) is 0 Å². The molecule has 124 valence electrons. The highest BCUT2D eigenvalue weighted by Crippen LogP contribution is 2.15. The summed E-state index contributed by atoms with van der Waals surface area (Å²) in [6, 6.07) is 6.57. The molecule has 0 heterocycles. The maximum absolute atomic E-state index is 12.1. The van der Waals surface area contributed by atoms with Crippen LogP contribution >= 0.6 is 24.0 Å². The molecule has 22 heavy (non-hydrogen) atoms. The van der Waals surface area contributed by atoms with Crippen molar-refractivity contribution in [3.8, 4) is 5.75 Å². The Morgan fingerprint density at radius 2 is 2.05 bits per heavy atom. The van der Waals surface area contributed by atoms with Crippen molar-refractivity contribution >= 4 is 29.9 Å². The van der Waals surface area contributed by atoms with Gasteiger partial charge in [-0.3, -0.25) is 0 Å². The van der Waals surface area contributed by atoms with Crippen molar-refractivity contribution in [2.24, 2.45) is 4.99 Å². The van der Waals surface area contributed by atoms with Gasteiger partial charge in [-0.25, -0.2) is 4.99 Å². The number of nitrogens with one attached hydrogen (secondary N) is 1. The third kappa shape index (κ3) is 7.58. The van der Waals surface area contributed by atoms with Crippen LogP contribution in [0.4, 0.5) is 8.78 Å². The lowest BCUT2D eigenvalue weighted by atomic mass is 10.2. The van der Waals surface area contributed by atoms with Crippen LogP contribution in [0.1, 0.15) is 12.5 Å². The molecular formula is C15H22F2IN3O. The van der Waals surface area contributed by atoms with Crippen LogP contribution in [-0.2, 0) is 6.54 Å². The van der Waals surface area contributed by atoms with Crippen LogP contribution in [0, 0.1) is 0 Å². The number of rotatable bonds is 7. The number of ether oxygens (including phenoxy) is 1. The molecule has 1 rings (SSSR count). The average molecular weight is 425 g/mol. The quantitative estimate of drug-likeness (QED) is 0.315. The summed E-state index contributed by atoms with van der Waals surface area (Å²) < 4.78 is 28.5. The van der Waals surface area contributed by atoms with E-state index in [4.69, 9.17) is 0 Å². The smallest absolute Gasteiger partial charge is 0.387 e. The second-order valence-electron chi connectivity index (χ2n) is 4.36. The van der Waals surface area contributed by atoms with Gasteiger partial charge < -0.3 is 15.0 Å². The van der Waals surface area contributed by atoms with Crippen LogP contribution in [0.3, 0.4) is 0 Å². The minimum Gasteiger partial charge on any atom is -0.435 e. The number of aliphatic imine (C=N–C) groups is 1. The summed E-state index contributed by atoms with van der Waals surface area (Å²) in [6.07, 6.45) is 1.72. The van der Waals surface area contributed by atoms with E-state index in [2.05, 4.69) is 21.6 Å². The van der Waals surface area contributed by atoms with Crippen LogP contribution in [0.2, 0.25) is 0 Å². The molecule has 0 saturated heterocycles. The van der Waals surface area contributed by atoms with Crippen molar-refractivity contribution in [2.75, 3.05) is 20.1 Å². The Morgan fingerprint density at radius 1 is 1.41 bits per heavy atom. The molecule has 4 nitrogen and oxygen atoms in total. The fourth-order valence-electron chi connectivity index (χ4n) is 1.75. The van der Waals surface area contributed by atoms with Crippen molar-refractivity contribution in [2.45, 2.75) is 20.1 Å². The third-order valence-corrected chi connectivity index (χ3v) is 2.63. The molecule has 7 heteroatoms. The van der Waals surface area contributed by atoms with Crippen molar-refractivity contribution < 1.29 is 13.5 Å². The zero-order valence-electron chi connectivity index (χ0n) is 12.8. The molecule has 0 atom stereocenters. The third-order valence-electron chi connectivity index (χ3n) is 2.63. The summed E-state index contributed by atoms with van der Waals surface area (Å²) in [4.78, 5) is 6.33. The van der Waals surface area contributed by atoms with E-state index in [0.29, 0.717) is 13.1 Å². The standard InChI is InChI=1S/C15H21F2N3O.HI/c1-4-10-19-15(18-5-2)20(3)11-12-6-8-13(9-7-12)21-14(16)17;/h4,6-9,14H,1,5,10-11H2,2-3H3,(H,18,19);1H. The van der Waals surface area contributed by atoms with Gasteiger partial charge in [0.25, 0.3) is 0 Å². The van der Waals surface area contributed by atoms with E-state index in [1.807, 2.05) is 18.9 Å². The Bertz CT molecular complexity index is 466. The maximum Gasteiger partial charge on any atom is 0.387 e. The van der Waals surface area contributed by atoms with Gasteiger partial charge in [0.1, 0.15) is 5.75 Å². The van der Waals surface area contributed by atoms with Crippen LogP contribution in [0.25, 0.3) is 0 Å². The molecule has 0 saturated carbocycles. The molecule has 1 aromatic rings. The minimum atomic E-state index is -2.80. The van der Waals surface area contributed by atoms with E-state index in [1.54, 1.807) is 18.2 Å². The molecule has 0 spiro atoms. The molecular weight excluding hydrogens is 403 g/mol. The van der Waals surface area contributed by atoms with Gasteiger partial charge in [-0.2, -0.15) is 8.78 Å². The van der Waals surface area contributed by atoms with Gasteiger partial charge in [-0.1, -0.05) is 18.2 Å². The van der Waals surface area contributed by atoms with E-state index in [0.717, 1.165) is 18.1 Å². The number of alkyl halides is 2. The van der Waals surface area contributed by atoms with Gasteiger partial charge in [0.15, 0.2) is 5.96 Å². The molecule has 0 aromatic heterocycles. The van der Waals surface area contributed by atoms with Gasteiger partial charge in [-0.15, -0.1) is 30.6 Å². The highest BCUT2D eigenvalue weighted by Gasteiger charge is 2.07. The number of guanidine groups is 1. The molecule has 0 amide bonds. The first-order chi connectivity index (χ1) is 10.1. The summed E-state index contributed by atoms with van der Waals surface area (Å²) >= 11 is 0. The highest BCUT2D eigenvalue weighted by atomic mass is 127. The first-order valence-electron chi connectivity index (χ1n) is 6.71. The molecule has 0 unspecified atom stereocenters. The second-order valence-corrected chi connectivity index (χ2v) is 4.36. The fourth-order valence-corrected chi connectivity index (χ4v) is 1.75. The molecule has 0 aliphatic heterocycles. The van der Waals surface area contributed by atoms with E-state index >= 15 is 0 Å². The summed E-state index contributed by atoms with van der Waals surface area (Å²) in [5, 5.41) is 3.18. The monoisotopic (exact) mass is 425 g/mol. The molecule has 1 aromatic carbocycles. The molecule has 0 fully saturated rings. The van der Waals surface area contributed by atoms with Crippen LogP contribution in [0.5, 0.6) is 5.75 Å². The first kappa shape index (κ1) is 20.6. The lowest BCUT2D eigenvalue weighted by Gasteiger charge is -2.22. The summed E-state index contributed by atoms with van der Waals surface area (Å²) in [5.74, 6) is 0.925. The fraction of sp³-hybridized carbons (Fsp3) is 0.400. The average Bonchev–Trinajstić information content (AvgIpc) is 2.45. The van der Waals surface area contributed by atoms with Gasteiger partial charge in [-0.05, 0) is 24.6 Å². The number of benzene rings is 1. The molecule has 0 bridgehead atoms. The highest BCUT2D eigenvalue weighted by molar-refractivity contribution is 14.0. The lowest BCUT2D eigenvalue weighted by Crippen LogP contribution is -2.38. The largest absolute Gasteiger partial charge is 0.435 e. The van der Waals surface area contributed by atoms with Crippen molar-refractivity contribution in [1.82, 2.24) is 10.2 Å². The Kier molecular flexibility index (Phi) is 10.5. The minimum absolute atomic E-state index is 0. The van der Waals surface area contributed by atoms with Gasteiger partial charge in [0, 0.05) is 20.1 Å². The molecule has 0 aliphatic carbocycles. The van der Waals surface area contributed by atoms with Gasteiger partial charge in [0.2, 0.25) is 0 Å². The van der Waals surface area contributed by atoms with E-state index in [-0.39, 0.29) is 29.7 Å². The molecule has 0 radical (unpaired) electrons. The Morgan fingerprint density at radius 3 is 2.55 bits per heavy atom. The van der Waals surface area contributed by atoms with Crippen molar-refractivity contribution in [3.05, 3.63) is 42.5 Å². The normalized spacial score (nSPS) is 10.9. The van der Waals surface area contributed by atoms with Crippen LogP contribution in [-0.4, -0.2) is 37.6 Å². The van der Waals surface area contributed by atoms with Crippen LogP contribution < -0.4 is 10.1 Å². The Balaban J connectivity index is 0.00000441. The predicted molar refractivity (Wildman–Crippen MR) is 96.1 cm³/mol. The van der Waals surface area contributed by atoms with E-state index in [1.165, 1.54) is 12.1 Å². The zero-order chi connectivity index (χ0) is 15.7. The Labute approximate surface area is 147 Å². The lowest BCUT2D eigenvalue weighted by molar-refractivity contribution is -0.0498. The topological polar surface area (TPSA) is 36.9 Å². The summed E-state index contributed by atoms with van der Waals surface area (Å²) in [5.41, 5.74) is 0.975. The molecule has 1 N–H and O–H groups in total. The Hall–Kier alpha value is -1.38. The maximum atomic E-state index is 12.1. The van der Waals surface area contributed by atoms with E-state index < -0.39 is 6.61 Å². The van der Waals surface area contributed by atoms with Crippen molar-refractivity contribution in [1.29, 1.82) is 0 Å². The van der Waals surface area contributed by atoms with Crippen LogP contribution in [0.15, 0.2) is 41.9 Å². The first-order valence-corrected chi connectivity index (χ1v) is 6.71. The van der Waals surface area contributed by atoms with Gasteiger partial charge in [0.05, 0.1) is 6.54 Å². The summed E-state index contributed by atoms with van der Waals surface area (Å²) in [6.45, 7) is 4.74. The number of hydrogen-bond acceptors (Lipinski definition) is 2. The van der Waals surface area contributed by atoms with E-state index in [9.17, 15) is 8.78 Å². The predicted octanol–water partition coefficient (Wildman–Crippen LogP) is 3.49. The second kappa shape index (κ2) is 11.2. The number of nitrogens with zero attached hydrogens (tertiary/aromatic N) is 2. The SMILES string of the molecule is C=CCN=C(NCC)N(C)Cc1ccc(OC(F)F)cc1.I. The zero-order valence-corrected chi connectivity index (χ0v) is 15.1. The van der Waals surface area contributed by atoms with Gasteiger partial charge >= 0.3 is 6.61 Å². The molecule has 0 aliphatic rings.